The highest BCUT2D eigenvalue weighted by atomic mass is 16.4. The van der Waals surface area contributed by atoms with Crippen molar-refractivity contribution in [3.63, 3.8) is 0 Å². The van der Waals surface area contributed by atoms with E-state index >= 15 is 0 Å². The van der Waals surface area contributed by atoms with E-state index in [1.165, 1.54) is 11.2 Å². The van der Waals surface area contributed by atoms with Crippen molar-refractivity contribution in [3.8, 4) is 11.5 Å². The van der Waals surface area contributed by atoms with Crippen LogP contribution in [0, 0.1) is 0 Å². The van der Waals surface area contributed by atoms with Gasteiger partial charge in [0.15, 0.2) is 0 Å². The molecule has 21 heavy (non-hydrogen) atoms. The first-order valence-electron chi connectivity index (χ1n) is 6.27. The summed E-state index contributed by atoms with van der Waals surface area (Å²) in [5, 5.41) is 8.82. The first kappa shape index (κ1) is 14.7. The van der Waals surface area contributed by atoms with Gasteiger partial charge in [0.2, 0.25) is 11.8 Å². The van der Waals surface area contributed by atoms with Crippen LogP contribution in [0.4, 0.5) is 0 Å². The van der Waals surface area contributed by atoms with Crippen LogP contribution in [0.1, 0.15) is 5.69 Å². The van der Waals surface area contributed by atoms with Gasteiger partial charge in [0.05, 0.1) is 18.8 Å². The lowest BCUT2D eigenvalue weighted by Gasteiger charge is -2.16. The maximum atomic E-state index is 11.0. The van der Waals surface area contributed by atoms with Gasteiger partial charge in [-0.1, -0.05) is 18.2 Å². The van der Waals surface area contributed by atoms with Crippen molar-refractivity contribution in [3.05, 3.63) is 42.3 Å². The van der Waals surface area contributed by atoms with Crippen molar-refractivity contribution in [1.29, 1.82) is 0 Å². The zero-order valence-electron chi connectivity index (χ0n) is 11.2. The van der Waals surface area contributed by atoms with E-state index in [0.717, 1.165) is 5.56 Å². The Hall–Kier alpha value is -2.67. The van der Waals surface area contributed by atoms with Crippen molar-refractivity contribution in [1.82, 2.24) is 9.88 Å². The highest BCUT2D eigenvalue weighted by molar-refractivity contribution is 5.77. The van der Waals surface area contributed by atoms with Gasteiger partial charge in [-0.2, -0.15) is 0 Å². The molecule has 0 fully saturated rings. The van der Waals surface area contributed by atoms with Gasteiger partial charge >= 0.3 is 5.97 Å². The zero-order chi connectivity index (χ0) is 15.2. The number of hydrogen-bond donors (Lipinski definition) is 2. The quantitative estimate of drug-likeness (QED) is 0.777. The van der Waals surface area contributed by atoms with E-state index in [4.69, 9.17) is 15.3 Å². The molecule has 0 saturated carbocycles. The molecule has 0 saturated heterocycles. The van der Waals surface area contributed by atoms with Gasteiger partial charge in [0, 0.05) is 12.1 Å². The van der Waals surface area contributed by atoms with Crippen LogP contribution in [0.3, 0.4) is 0 Å². The average molecular weight is 289 g/mol. The van der Waals surface area contributed by atoms with Crippen molar-refractivity contribution in [2.24, 2.45) is 5.73 Å². The number of oxazole rings is 1. The summed E-state index contributed by atoms with van der Waals surface area (Å²) in [4.78, 5) is 27.4. The van der Waals surface area contributed by atoms with Crippen LogP contribution in [0.15, 0.2) is 41.0 Å². The van der Waals surface area contributed by atoms with Gasteiger partial charge in [0.25, 0.3) is 0 Å². The lowest BCUT2D eigenvalue weighted by Crippen LogP contribution is -2.36. The Labute approximate surface area is 121 Å². The van der Waals surface area contributed by atoms with Crippen LogP contribution in [-0.2, 0) is 16.1 Å². The number of primary amides is 1. The Bertz CT molecular complexity index is 608. The molecule has 1 aromatic heterocycles. The van der Waals surface area contributed by atoms with Crippen LogP contribution in [0.2, 0.25) is 0 Å². The van der Waals surface area contributed by atoms with Crippen molar-refractivity contribution in [2.45, 2.75) is 6.54 Å². The minimum atomic E-state index is -1.04. The number of nitrogens with zero attached hydrogens (tertiary/aromatic N) is 2. The molecule has 0 unspecified atom stereocenters. The van der Waals surface area contributed by atoms with Gasteiger partial charge in [-0.25, -0.2) is 4.98 Å². The fourth-order valence-electron chi connectivity index (χ4n) is 1.90. The molecule has 0 aliphatic heterocycles. The van der Waals surface area contributed by atoms with Crippen LogP contribution >= 0.6 is 0 Å². The van der Waals surface area contributed by atoms with Crippen LogP contribution in [-0.4, -0.2) is 40.0 Å². The molecular formula is C14H15N3O4. The molecule has 7 nitrogen and oxygen atoms in total. The molecule has 0 spiro atoms. The van der Waals surface area contributed by atoms with Crippen LogP contribution in [0.25, 0.3) is 11.5 Å². The molecule has 1 heterocycles. The number of amides is 1. The van der Waals surface area contributed by atoms with E-state index in [0.29, 0.717) is 11.6 Å². The van der Waals surface area contributed by atoms with E-state index in [1.54, 1.807) is 0 Å². The zero-order valence-corrected chi connectivity index (χ0v) is 11.2. The summed E-state index contributed by atoms with van der Waals surface area (Å²) in [5.41, 5.74) is 6.46. The molecular weight excluding hydrogens is 274 g/mol. The molecule has 0 aliphatic carbocycles. The van der Waals surface area contributed by atoms with Crippen molar-refractivity contribution >= 4 is 11.9 Å². The molecule has 0 atom stereocenters. The number of aliphatic carboxylic acids is 1. The normalized spacial score (nSPS) is 10.7. The molecule has 2 aromatic rings. The third-order valence-corrected chi connectivity index (χ3v) is 2.70. The van der Waals surface area contributed by atoms with Gasteiger partial charge in [-0.05, 0) is 12.1 Å². The smallest absolute Gasteiger partial charge is 0.317 e. The summed E-state index contributed by atoms with van der Waals surface area (Å²) < 4.78 is 5.36. The average Bonchev–Trinajstić information content (AvgIpc) is 2.86. The maximum Gasteiger partial charge on any atom is 0.317 e. The Morgan fingerprint density at radius 2 is 1.95 bits per heavy atom. The van der Waals surface area contributed by atoms with E-state index in [2.05, 4.69) is 4.98 Å². The number of benzene rings is 1. The maximum absolute atomic E-state index is 11.0. The summed E-state index contributed by atoms with van der Waals surface area (Å²) in [6.45, 7) is -0.276. The summed E-state index contributed by atoms with van der Waals surface area (Å²) in [7, 11) is 0. The highest BCUT2D eigenvalue weighted by Crippen LogP contribution is 2.18. The number of carbonyl (C=O) groups is 2. The second kappa shape index (κ2) is 6.67. The molecule has 0 aliphatic rings. The van der Waals surface area contributed by atoms with E-state index in [9.17, 15) is 9.59 Å². The standard InChI is InChI=1S/C14H15N3O4/c15-12(18)7-17(8-13(19)20)6-11-9-21-14(16-11)10-4-2-1-3-5-10/h1-5,9H,6-8H2,(H2,15,18)(H,19,20). The topological polar surface area (TPSA) is 110 Å². The first-order chi connectivity index (χ1) is 10.0. The van der Waals surface area contributed by atoms with Crippen molar-refractivity contribution < 1.29 is 19.1 Å². The molecule has 0 bridgehead atoms. The molecule has 1 amide bonds. The minimum Gasteiger partial charge on any atom is -0.480 e. The van der Waals surface area contributed by atoms with Crippen molar-refractivity contribution in [2.75, 3.05) is 13.1 Å². The number of nitrogens with two attached hydrogens (primary N) is 1. The molecule has 110 valence electrons. The highest BCUT2D eigenvalue weighted by Gasteiger charge is 2.15. The fourth-order valence-corrected chi connectivity index (χ4v) is 1.90. The largest absolute Gasteiger partial charge is 0.480 e. The van der Waals surface area contributed by atoms with Gasteiger partial charge in [-0.3, -0.25) is 14.5 Å². The lowest BCUT2D eigenvalue weighted by atomic mass is 10.2. The second-order valence-corrected chi connectivity index (χ2v) is 4.52. The third kappa shape index (κ3) is 4.43. The predicted molar refractivity (Wildman–Crippen MR) is 74.0 cm³/mol. The SMILES string of the molecule is NC(=O)CN(CC(=O)O)Cc1coc(-c2ccccc2)n1. The molecule has 0 radical (unpaired) electrons. The number of aromatic nitrogens is 1. The van der Waals surface area contributed by atoms with E-state index in [1.807, 2.05) is 30.3 Å². The van der Waals surface area contributed by atoms with E-state index < -0.39 is 11.9 Å². The molecule has 7 heteroatoms. The first-order valence-corrected chi connectivity index (χ1v) is 6.27. The van der Waals surface area contributed by atoms with Gasteiger partial charge < -0.3 is 15.3 Å². The van der Waals surface area contributed by atoms with E-state index in [-0.39, 0.29) is 19.6 Å². The minimum absolute atomic E-state index is 0.153. The Morgan fingerprint density at radius 3 is 2.57 bits per heavy atom. The molecule has 3 N–H and O–H groups in total. The Balaban J connectivity index is 2.09. The number of carboxylic acids is 1. The second-order valence-electron chi connectivity index (χ2n) is 4.52. The lowest BCUT2D eigenvalue weighted by molar-refractivity contribution is -0.138. The predicted octanol–water partition coefficient (Wildman–Crippen LogP) is 0.713. The number of carboxylic acid groups (broad SMARTS) is 1. The summed E-state index contributed by atoms with van der Waals surface area (Å²) >= 11 is 0. The third-order valence-electron chi connectivity index (χ3n) is 2.70. The Kier molecular flexibility index (Phi) is 4.68. The number of rotatable bonds is 7. The summed E-state index contributed by atoms with van der Waals surface area (Å²) in [6, 6.07) is 9.32. The molecule has 2 rings (SSSR count). The van der Waals surface area contributed by atoms with Crippen LogP contribution in [0.5, 0.6) is 0 Å². The van der Waals surface area contributed by atoms with Crippen LogP contribution < -0.4 is 5.73 Å². The number of carbonyl (C=O) groups excluding carboxylic acids is 1. The summed E-state index contributed by atoms with van der Waals surface area (Å²) in [5.74, 6) is -1.19. The Morgan fingerprint density at radius 1 is 1.24 bits per heavy atom. The fraction of sp³-hybridized carbons (Fsp3) is 0.214. The summed E-state index contributed by atoms with van der Waals surface area (Å²) in [6.07, 6.45) is 1.44. The number of hydrogen-bond acceptors (Lipinski definition) is 5. The molecule has 1 aromatic carbocycles. The van der Waals surface area contributed by atoms with Gasteiger partial charge in [-0.15, -0.1) is 0 Å². The monoisotopic (exact) mass is 289 g/mol. The van der Waals surface area contributed by atoms with Gasteiger partial charge in [0.1, 0.15) is 6.26 Å².